The first-order chi connectivity index (χ1) is 9.47. The summed E-state index contributed by atoms with van der Waals surface area (Å²) in [7, 11) is 3.72. The second-order valence-electron chi connectivity index (χ2n) is 4.52. The average molecular weight is 293 g/mol. The van der Waals surface area contributed by atoms with E-state index >= 15 is 0 Å². The van der Waals surface area contributed by atoms with Crippen molar-refractivity contribution in [1.82, 2.24) is 0 Å². The van der Waals surface area contributed by atoms with Crippen LogP contribution in [-0.4, -0.2) is 20.0 Å². The third kappa shape index (κ3) is 3.27. The van der Waals surface area contributed by atoms with Crippen molar-refractivity contribution in [1.29, 1.82) is 0 Å². The number of nitrogens with one attached hydrogen (secondary N) is 1. The zero-order valence-corrected chi connectivity index (χ0v) is 11.9. The Morgan fingerprint density at radius 3 is 2.60 bits per heavy atom. The highest BCUT2D eigenvalue weighted by atomic mass is 35.5. The summed E-state index contributed by atoms with van der Waals surface area (Å²) in [6.07, 6.45) is 0. The van der Waals surface area contributed by atoms with E-state index in [-0.39, 0.29) is 11.5 Å². The number of carbonyl (C=O) groups is 1. The van der Waals surface area contributed by atoms with Crippen LogP contribution in [0.25, 0.3) is 0 Å². The predicted molar refractivity (Wildman–Crippen MR) is 80.1 cm³/mol. The van der Waals surface area contributed by atoms with Gasteiger partial charge in [0.1, 0.15) is 5.82 Å². The number of nitrogens with zero attached hydrogens (tertiary/aromatic N) is 1. The van der Waals surface area contributed by atoms with Crippen molar-refractivity contribution in [3.05, 3.63) is 58.9 Å². The highest BCUT2D eigenvalue weighted by molar-refractivity contribution is 6.31. The third-order valence-corrected chi connectivity index (χ3v) is 3.01. The largest absolute Gasteiger partial charge is 0.376 e. The number of rotatable bonds is 3. The molecular weight excluding hydrogens is 279 g/mol. The van der Waals surface area contributed by atoms with Crippen LogP contribution in [0.2, 0.25) is 5.02 Å². The summed E-state index contributed by atoms with van der Waals surface area (Å²) < 4.78 is 13.1. The standard InChI is InChI=1S/C15H14ClFN2O/c1-19(2)14-7-6-11(16)9-13(14)18-15(20)10-4-3-5-12(17)8-10/h3-9H,1-2H3,(H,18,20). The van der Waals surface area contributed by atoms with Crippen LogP contribution in [0.15, 0.2) is 42.5 Å². The first-order valence-electron chi connectivity index (χ1n) is 6.01. The van der Waals surface area contributed by atoms with E-state index in [2.05, 4.69) is 5.32 Å². The van der Waals surface area contributed by atoms with E-state index in [1.165, 1.54) is 18.2 Å². The molecule has 0 saturated heterocycles. The van der Waals surface area contributed by atoms with Crippen LogP contribution in [0, 0.1) is 5.82 Å². The van der Waals surface area contributed by atoms with Gasteiger partial charge in [-0.15, -0.1) is 0 Å². The minimum Gasteiger partial charge on any atom is -0.376 e. The summed E-state index contributed by atoms with van der Waals surface area (Å²) >= 11 is 5.95. The van der Waals surface area contributed by atoms with Crippen LogP contribution in [0.4, 0.5) is 15.8 Å². The number of hydrogen-bond acceptors (Lipinski definition) is 2. The fourth-order valence-corrected chi connectivity index (χ4v) is 1.99. The van der Waals surface area contributed by atoms with Crippen molar-refractivity contribution in [2.45, 2.75) is 0 Å². The van der Waals surface area contributed by atoms with Crippen LogP contribution in [-0.2, 0) is 0 Å². The van der Waals surface area contributed by atoms with E-state index in [1.54, 1.807) is 18.2 Å². The molecule has 2 aromatic carbocycles. The second kappa shape index (κ2) is 5.92. The monoisotopic (exact) mass is 292 g/mol. The summed E-state index contributed by atoms with van der Waals surface area (Å²) in [5.74, 6) is -0.827. The van der Waals surface area contributed by atoms with E-state index < -0.39 is 5.82 Å². The van der Waals surface area contributed by atoms with Gasteiger partial charge in [-0.3, -0.25) is 4.79 Å². The Balaban J connectivity index is 2.30. The molecule has 1 N–H and O–H groups in total. The number of anilines is 2. The van der Waals surface area contributed by atoms with Gasteiger partial charge in [0, 0.05) is 24.7 Å². The van der Waals surface area contributed by atoms with Crippen molar-refractivity contribution in [3.8, 4) is 0 Å². The van der Waals surface area contributed by atoms with E-state index in [0.29, 0.717) is 10.7 Å². The van der Waals surface area contributed by atoms with Crippen molar-refractivity contribution in [3.63, 3.8) is 0 Å². The summed E-state index contributed by atoms with van der Waals surface area (Å²) in [6.45, 7) is 0. The van der Waals surface area contributed by atoms with Crippen molar-refractivity contribution < 1.29 is 9.18 Å². The van der Waals surface area contributed by atoms with Gasteiger partial charge in [0.15, 0.2) is 0 Å². The molecule has 0 heterocycles. The zero-order chi connectivity index (χ0) is 14.7. The first-order valence-corrected chi connectivity index (χ1v) is 6.39. The van der Waals surface area contributed by atoms with Gasteiger partial charge in [-0.05, 0) is 36.4 Å². The van der Waals surface area contributed by atoms with E-state index in [1.807, 2.05) is 25.1 Å². The average Bonchev–Trinajstić information content (AvgIpc) is 2.38. The van der Waals surface area contributed by atoms with E-state index in [9.17, 15) is 9.18 Å². The molecule has 0 spiro atoms. The lowest BCUT2D eigenvalue weighted by Crippen LogP contribution is -2.16. The van der Waals surface area contributed by atoms with Crippen molar-refractivity contribution in [2.24, 2.45) is 0 Å². The van der Waals surface area contributed by atoms with Crippen LogP contribution in [0.5, 0.6) is 0 Å². The number of halogens is 2. The fraction of sp³-hybridized carbons (Fsp3) is 0.133. The highest BCUT2D eigenvalue weighted by Gasteiger charge is 2.11. The normalized spacial score (nSPS) is 10.2. The van der Waals surface area contributed by atoms with E-state index in [0.717, 1.165) is 5.69 Å². The fourth-order valence-electron chi connectivity index (χ4n) is 1.82. The van der Waals surface area contributed by atoms with Crippen molar-refractivity contribution in [2.75, 3.05) is 24.3 Å². The van der Waals surface area contributed by atoms with Crippen LogP contribution < -0.4 is 10.2 Å². The van der Waals surface area contributed by atoms with Gasteiger partial charge in [-0.1, -0.05) is 17.7 Å². The minimum absolute atomic E-state index is 0.259. The second-order valence-corrected chi connectivity index (χ2v) is 4.96. The van der Waals surface area contributed by atoms with Gasteiger partial charge < -0.3 is 10.2 Å². The predicted octanol–water partition coefficient (Wildman–Crippen LogP) is 3.80. The molecule has 1 amide bonds. The number of amides is 1. The number of hydrogen-bond donors (Lipinski definition) is 1. The molecule has 0 aliphatic heterocycles. The molecule has 0 aliphatic carbocycles. The summed E-state index contributed by atoms with van der Waals surface area (Å²) in [4.78, 5) is 14.0. The molecule has 0 aromatic heterocycles. The zero-order valence-electron chi connectivity index (χ0n) is 11.2. The minimum atomic E-state index is -0.448. The molecule has 0 radical (unpaired) electrons. The molecule has 0 bridgehead atoms. The van der Waals surface area contributed by atoms with E-state index in [4.69, 9.17) is 11.6 Å². The molecular formula is C15H14ClFN2O. The van der Waals surface area contributed by atoms with Crippen LogP contribution in [0.3, 0.4) is 0 Å². The Hall–Kier alpha value is -2.07. The molecule has 0 aliphatic rings. The number of carbonyl (C=O) groups excluding carboxylic acids is 1. The first kappa shape index (κ1) is 14.3. The Labute approximate surface area is 122 Å². The van der Waals surface area contributed by atoms with Gasteiger partial charge in [-0.2, -0.15) is 0 Å². The maximum Gasteiger partial charge on any atom is 0.255 e. The highest BCUT2D eigenvalue weighted by Crippen LogP contribution is 2.28. The molecule has 20 heavy (non-hydrogen) atoms. The molecule has 0 saturated carbocycles. The molecule has 104 valence electrons. The SMILES string of the molecule is CN(C)c1ccc(Cl)cc1NC(=O)c1cccc(F)c1. The maximum atomic E-state index is 13.1. The Morgan fingerprint density at radius 2 is 1.95 bits per heavy atom. The molecule has 0 unspecified atom stereocenters. The maximum absolute atomic E-state index is 13.1. The molecule has 3 nitrogen and oxygen atoms in total. The lowest BCUT2D eigenvalue weighted by Gasteiger charge is -2.18. The Bertz CT molecular complexity index is 644. The quantitative estimate of drug-likeness (QED) is 0.933. The van der Waals surface area contributed by atoms with Gasteiger partial charge >= 0.3 is 0 Å². The third-order valence-electron chi connectivity index (χ3n) is 2.78. The topological polar surface area (TPSA) is 32.3 Å². The van der Waals surface area contributed by atoms with Gasteiger partial charge in [0.05, 0.1) is 11.4 Å². The Kier molecular flexibility index (Phi) is 4.25. The molecule has 2 rings (SSSR count). The lowest BCUT2D eigenvalue weighted by atomic mass is 10.2. The van der Waals surface area contributed by atoms with Crippen molar-refractivity contribution >= 4 is 28.9 Å². The van der Waals surface area contributed by atoms with Gasteiger partial charge in [-0.25, -0.2) is 4.39 Å². The summed E-state index contributed by atoms with van der Waals surface area (Å²) in [5.41, 5.74) is 1.66. The molecule has 5 heteroatoms. The molecule has 0 atom stereocenters. The summed E-state index contributed by atoms with van der Waals surface area (Å²) in [6, 6.07) is 10.7. The smallest absolute Gasteiger partial charge is 0.255 e. The summed E-state index contributed by atoms with van der Waals surface area (Å²) in [5, 5.41) is 3.26. The van der Waals surface area contributed by atoms with Gasteiger partial charge in [0.25, 0.3) is 5.91 Å². The number of benzene rings is 2. The Morgan fingerprint density at radius 1 is 1.20 bits per heavy atom. The van der Waals surface area contributed by atoms with Crippen LogP contribution >= 0.6 is 11.6 Å². The lowest BCUT2D eigenvalue weighted by molar-refractivity contribution is 0.102. The molecule has 2 aromatic rings. The van der Waals surface area contributed by atoms with Crippen LogP contribution in [0.1, 0.15) is 10.4 Å². The van der Waals surface area contributed by atoms with Gasteiger partial charge in [0.2, 0.25) is 0 Å². The molecule has 0 fully saturated rings.